The lowest BCUT2D eigenvalue weighted by Crippen LogP contribution is -2.30. The smallest absolute Gasteiger partial charge is 0.00669 e. The van der Waals surface area contributed by atoms with Crippen LogP contribution in [0.15, 0.2) is 0 Å². The predicted molar refractivity (Wildman–Crippen MR) is 77.3 cm³/mol. The van der Waals surface area contributed by atoms with E-state index in [2.05, 4.69) is 33.0 Å². The van der Waals surface area contributed by atoms with Crippen LogP contribution in [0.3, 0.4) is 0 Å². The molecular weight excluding hydrogens is 206 g/mol. The zero-order valence-corrected chi connectivity index (χ0v) is 12.5. The summed E-state index contributed by atoms with van der Waals surface area (Å²) in [7, 11) is 0. The third-order valence-corrected chi connectivity index (χ3v) is 4.76. The maximum Gasteiger partial charge on any atom is 0.00669 e. The molecule has 0 amide bonds. The lowest BCUT2D eigenvalue weighted by molar-refractivity contribution is 0.193. The van der Waals surface area contributed by atoms with Gasteiger partial charge in [0.05, 0.1) is 0 Å². The first kappa shape index (κ1) is 15.0. The summed E-state index contributed by atoms with van der Waals surface area (Å²) in [5.74, 6) is 2.93. The van der Waals surface area contributed by atoms with Crippen molar-refractivity contribution in [2.45, 2.75) is 78.7 Å². The van der Waals surface area contributed by atoms with Crippen molar-refractivity contribution in [3.63, 3.8) is 0 Å². The predicted octanol–water partition coefficient (Wildman–Crippen LogP) is 4.62. The van der Waals surface area contributed by atoms with Crippen LogP contribution in [0.5, 0.6) is 0 Å². The van der Waals surface area contributed by atoms with E-state index in [4.69, 9.17) is 0 Å². The molecule has 1 N–H and O–H groups in total. The van der Waals surface area contributed by atoms with Crippen molar-refractivity contribution in [3.05, 3.63) is 0 Å². The highest BCUT2D eigenvalue weighted by Crippen LogP contribution is 2.35. The van der Waals surface area contributed by atoms with Gasteiger partial charge in [0.1, 0.15) is 0 Å². The first-order valence-electron chi connectivity index (χ1n) is 7.90. The van der Waals surface area contributed by atoms with E-state index in [0.29, 0.717) is 0 Å². The average Bonchev–Trinajstić information content (AvgIpc) is 2.31. The van der Waals surface area contributed by atoms with Gasteiger partial charge in [-0.25, -0.2) is 0 Å². The highest BCUT2D eigenvalue weighted by Gasteiger charge is 2.24. The highest BCUT2D eigenvalue weighted by atomic mass is 14.9. The second-order valence-corrected chi connectivity index (χ2v) is 6.25. The average molecular weight is 239 g/mol. The first-order valence-corrected chi connectivity index (χ1v) is 7.90. The summed E-state index contributed by atoms with van der Waals surface area (Å²) in [5, 5.41) is 3.64. The molecule has 1 nitrogen and oxygen atoms in total. The molecule has 17 heavy (non-hydrogen) atoms. The molecule has 0 aliphatic heterocycles. The molecule has 0 aromatic rings. The Hall–Kier alpha value is -0.0400. The van der Waals surface area contributed by atoms with Crippen molar-refractivity contribution >= 4 is 0 Å². The summed E-state index contributed by atoms with van der Waals surface area (Å²) >= 11 is 0. The Bertz CT molecular complexity index is 184. The van der Waals surface area contributed by atoms with Crippen molar-refractivity contribution in [3.8, 4) is 0 Å². The van der Waals surface area contributed by atoms with Crippen molar-refractivity contribution in [1.29, 1.82) is 0 Å². The molecule has 1 saturated carbocycles. The first-order chi connectivity index (χ1) is 8.17. The zero-order valence-electron chi connectivity index (χ0n) is 12.5. The minimum absolute atomic E-state index is 0.777. The van der Waals surface area contributed by atoms with Gasteiger partial charge < -0.3 is 5.32 Å². The van der Waals surface area contributed by atoms with Crippen LogP contribution in [0.2, 0.25) is 0 Å². The van der Waals surface area contributed by atoms with Gasteiger partial charge in [-0.15, -0.1) is 0 Å². The number of rotatable bonds is 7. The second kappa shape index (κ2) is 8.13. The maximum absolute atomic E-state index is 3.64. The van der Waals surface area contributed by atoms with Gasteiger partial charge in [-0.05, 0) is 50.0 Å². The van der Waals surface area contributed by atoms with Crippen LogP contribution in [-0.4, -0.2) is 12.6 Å². The molecule has 0 saturated heterocycles. The molecule has 1 rings (SSSR count). The standard InChI is InChI=1S/C16H33N/c1-5-7-16(17-6-2)11-10-15-9-8-13(3)14(4)12-15/h13-17H,5-12H2,1-4H3. The Labute approximate surface area is 109 Å². The summed E-state index contributed by atoms with van der Waals surface area (Å²) in [6, 6.07) is 0.777. The molecule has 0 spiro atoms. The van der Waals surface area contributed by atoms with Gasteiger partial charge in [0.15, 0.2) is 0 Å². The van der Waals surface area contributed by atoms with Crippen LogP contribution in [-0.2, 0) is 0 Å². The summed E-state index contributed by atoms with van der Waals surface area (Å²) in [6.07, 6.45) is 9.94. The van der Waals surface area contributed by atoms with Crippen LogP contribution < -0.4 is 5.32 Å². The SMILES string of the molecule is CCCC(CCC1CCC(C)C(C)C1)NCC. The summed E-state index contributed by atoms with van der Waals surface area (Å²) in [4.78, 5) is 0. The quantitative estimate of drug-likeness (QED) is 0.683. The van der Waals surface area contributed by atoms with E-state index in [-0.39, 0.29) is 0 Å². The molecule has 4 unspecified atom stereocenters. The Morgan fingerprint density at radius 2 is 1.82 bits per heavy atom. The van der Waals surface area contributed by atoms with Crippen molar-refractivity contribution < 1.29 is 0 Å². The van der Waals surface area contributed by atoms with E-state index in [9.17, 15) is 0 Å². The van der Waals surface area contributed by atoms with Crippen LogP contribution >= 0.6 is 0 Å². The van der Waals surface area contributed by atoms with E-state index in [1.165, 1.54) is 44.9 Å². The molecule has 0 aromatic carbocycles. The lowest BCUT2D eigenvalue weighted by Gasteiger charge is -2.33. The van der Waals surface area contributed by atoms with Gasteiger partial charge in [-0.3, -0.25) is 0 Å². The monoisotopic (exact) mass is 239 g/mol. The molecule has 1 aliphatic rings. The van der Waals surface area contributed by atoms with Crippen LogP contribution in [0.4, 0.5) is 0 Å². The van der Waals surface area contributed by atoms with Gasteiger partial charge >= 0.3 is 0 Å². The highest BCUT2D eigenvalue weighted by molar-refractivity contribution is 4.77. The molecule has 1 heteroatoms. The molecule has 1 aliphatic carbocycles. The third-order valence-electron chi connectivity index (χ3n) is 4.76. The Kier molecular flexibility index (Phi) is 7.18. The van der Waals surface area contributed by atoms with E-state index in [1.807, 2.05) is 0 Å². The minimum Gasteiger partial charge on any atom is -0.314 e. The zero-order chi connectivity index (χ0) is 12.7. The third kappa shape index (κ3) is 5.42. The Morgan fingerprint density at radius 3 is 2.41 bits per heavy atom. The molecule has 1 fully saturated rings. The Morgan fingerprint density at radius 1 is 1.06 bits per heavy atom. The molecule has 0 aromatic heterocycles. The number of nitrogens with one attached hydrogen (secondary N) is 1. The van der Waals surface area contributed by atoms with Crippen LogP contribution in [0, 0.1) is 17.8 Å². The van der Waals surface area contributed by atoms with Crippen molar-refractivity contribution in [2.75, 3.05) is 6.54 Å². The summed E-state index contributed by atoms with van der Waals surface area (Å²) < 4.78 is 0. The second-order valence-electron chi connectivity index (χ2n) is 6.25. The van der Waals surface area contributed by atoms with Gasteiger partial charge in [-0.1, -0.05) is 47.0 Å². The van der Waals surface area contributed by atoms with E-state index in [1.54, 1.807) is 0 Å². The summed E-state index contributed by atoms with van der Waals surface area (Å²) in [6.45, 7) is 10.5. The number of hydrogen-bond donors (Lipinski definition) is 1. The van der Waals surface area contributed by atoms with Gasteiger partial charge in [0.25, 0.3) is 0 Å². The molecule has 4 atom stereocenters. The normalized spacial score (nSPS) is 31.4. The molecule has 0 radical (unpaired) electrons. The maximum atomic E-state index is 3.64. The fraction of sp³-hybridized carbons (Fsp3) is 1.00. The van der Waals surface area contributed by atoms with Gasteiger partial charge in [-0.2, -0.15) is 0 Å². The van der Waals surface area contributed by atoms with E-state index >= 15 is 0 Å². The molecule has 0 bridgehead atoms. The van der Waals surface area contributed by atoms with Crippen molar-refractivity contribution in [1.82, 2.24) is 5.32 Å². The van der Waals surface area contributed by atoms with Crippen LogP contribution in [0.1, 0.15) is 72.6 Å². The van der Waals surface area contributed by atoms with Crippen molar-refractivity contribution in [2.24, 2.45) is 17.8 Å². The largest absolute Gasteiger partial charge is 0.314 e. The van der Waals surface area contributed by atoms with E-state index in [0.717, 1.165) is 30.3 Å². The van der Waals surface area contributed by atoms with E-state index < -0.39 is 0 Å². The molecule has 0 heterocycles. The molecular formula is C16H33N. The fourth-order valence-electron chi connectivity index (χ4n) is 3.34. The van der Waals surface area contributed by atoms with Gasteiger partial charge in [0, 0.05) is 6.04 Å². The lowest BCUT2D eigenvalue weighted by atomic mass is 9.74. The number of hydrogen-bond acceptors (Lipinski definition) is 1. The van der Waals surface area contributed by atoms with Crippen LogP contribution in [0.25, 0.3) is 0 Å². The van der Waals surface area contributed by atoms with Gasteiger partial charge in [0.2, 0.25) is 0 Å². The summed E-state index contributed by atoms with van der Waals surface area (Å²) in [5.41, 5.74) is 0. The molecule has 102 valence electrons. The fourth-order valence-corrected chi connectivity index (χ4v) is 3.34. The minimum atomic E-state index is 0.777. The Balaban J connectivity index is 2.24. The topological polar surface area (TPSA) is 12.0 Å².